The largest absolute Gasteiger partial charge is 0.387 e. The Hall–Kier alpha value is -1.88. The van der Waals surface area contributed by atoms with Crippen LogP contribution >= 0.6 is 11.3 Å². The average molecular weight is 275 g/mol. The first-order chi connectivity index (χ1) is 9.11. The maximum atomic E-state index is 12.2. The Morgan fingerprint density at radius 2 is 2.16 bits per heavy atom. The molecule has 2 aromatic rings. The lowest BCUT2D eigenvalue weighted by atomic mass is 10.2. The maximum absolute atomic E-state index is 12.2. The number of nitrogens with one attached hydrogen (secondary N) is 2. The van der Waals surface area contributed by atoms with Crippen LogP contribution in [-0.2, 0) is 6.54 Å². The predicted molar refractivity (Wildman–Crippen MR) is 78.7 cm³/mol. The minimum atomic E-state index is -0.109. The summed E-state index contributed by atoms with van der Waals surface area (Å²) >= 11 is 1.65. The summed E-state index contributed by atoms with van der Waals surface area (Å²) in [6.45, 7) is 4.49. The molecule has 5 heteroatoms. The first-order valence-electron chi connectivity index (χ1n) is 6.06. The summed E-state index contributed by atoms with van der Waals surface area (Å²) in [6, 6.07) is 1.87. The fraction of sp³-hybridized carbons (Fsp3) is 0.286. The maximum Gasteiger partial charge on any atom is 0.255 e. The van der Waals surface area contributed by atoms with E-state index >= 15 is 0 Å². The van der Waals surface area contributed by atoms with Gasteiger partial charge in [0.2, 0.25) is 0 Å². The first kappa shape index (κ1) is 13.5. The molecule has 0 aromatic carbocycles. The van der Waals surface area contributed by atoms with Crippen LogP contribution in [0.1, 0.15) is 27.2 Å². The summed E-state index contributed by atoms with van der Waals surface area (Å²) in [5.74, 6) is -0.109. The highest BCUT2D eigenvalue weighted by Crippen LogP contribution is 2.16. The number of thiophene rings is 1. The minimum absolute atomic E-state index is 0.109. The molecular weight excluding hydrogens is 258 g/mol. The molecule has 1 amide bonds. The molecule has 19 heavy (non-hydrogen) atoms. The number of nitrogens with zero attached hydrogens (tertiary/aromatic N) is 1. The molecule has 2 aromatic heterocycles. The van der Waals surface area contributed by atoms with Gasteiger partial charge < -0.3 is 10.6 Å². The number of rotatable bonds is 4. The molecule has 0 saturated heterocycles. The van der Waals surface area contributed by atoms with Crippen molar-refractivity contribution in [3.8, 4) is 0 Å². The molecule has 100 valence electrons. The molecule has 2 heterocycles. The Morgan fingerprint density at radius 1 is 1.37 bits per heavy atom. The molecule has 0 bridgehead atoms. The van der Waals surface area contributed by atoms with E-state index in [0.717, 1.165) is 16.9 Å². The van der Waals surface area contributed by atoms with Crippen molar-refractivity contribution in [2.75, 3.05) is 12.4 Å². The molecule has 2 rings (SSSR count). The summed E-state index contributed by atoms with van der Waals surface area (Å²) in [5, 5.41) is 10.1. The van der Waals surface area contributed by atoms with Crippen LogP contribution in [0.15, 0.2) is 23.0 Å². The van der Waals surface area contributed by atoms with Crippen molar-refractivity contribution in [2.45, 2.75) is 20.4 Å². The Morgan fingerprint density at radius 3 is 2.79 bits per heavy atom. The normalized spacial score (nSPS) is 10.3. The zero-order valence-corrected chi connectivity index (χ0v) is 12.1. The number of anilines is 1. The van der Waals surface area contributed by atoms with Gasteiger partial charge in [-0.25, -0.2) is 0 Å². The van der Waals surface area contributed by atoms with E-state index in [1.54, 1.807) is 24.6 Å². The predicted octanol–water partition coefficient (Wildman–Crippen LogP) is 2.73. The highest BCUT2D eigenvalue weighted by Gasteiger charge is 2.11. The van der Waals surface area contributed by atoms with E-state index in [4.69, 9.17) is 0 Å². The molecular formula is C14H17N3OS. The molecule has 0 spiro atoms. The second kappa shape index (κ2) is 5.84. The van der Waals surface area contributed by atoms with Gasteiger partial charge in [0, 0.05) is 25.5 Å². The number of hydrogen-bond acceptors (Lipinski definition) is 4. The van der Waals surface area contributed by atoms with Gasteiger partial charge in [-0.1, -0.05) is 0 Å². The number of aryl methyl sites for hydroxylation is 2. The molecule has 2 N–H and O–H groups in total. The van der Waals surface area contributed by atoms with Crippen molar-refractivity contribution in [2.24, 2.45) is 0 Å². The number of hydrogen-bond donors (Lipinski definition) is 2. The third-order valence-corrected chi connectivity index (χ3v) is 3.87. The lowest BCUT2D eigenvalue weighted by Crippen LogP contribution is -2.24. The van der Waals surface area contributed by atoms with Crippen LogP contribution in [0.3, 0.4) is 0 Å². The Balaban J connectivity index is 2.10. The molecule has 0 saturated carbocycles. The number of amides is 1. The van der Waals surface area contributed by atoms with Crippen molar-refractivity contribution in [3.63, 3.8) is 0 Å². The average Bonchev–Trinajstić information content (AvgIpc) is 2.81. The number of aromatic nitrogens is 1. The van der Waals surface area contributed by atoms with E-state index in [1.165, 1.54) is 5.56 Å². The van der Waals surface area contributed by atoms with Crippen LogP contribution in [-0.4, -0.2) is 17.9 Å². The zero-order valence-electron chi connectivity index (χ0n) is 11.3. The van der Waals surface area contributed by atoms with Crippen LogP contribution in [0.5, 0.6) is 0 Å². The summed E-state index contributed by atoms with van der Waals surface area (Å²) in [6.07, 6.45) is 1.61. The molecule has 0 aliphatic heterocycles. The van der Waals surface area contributed by atoms with Gasteiger partial charge in [-0.15, -0.1) is 0 Å². The van der Waals surface area contributed by atoms with Gasteiger partial charge in [-0.2, -0.15) is 11.3 Å². The number of pyridine rings is 1. The Bertz CT molecular complexity index is 592. The Labute approximate surface area is 116 Å². The van der Waals surface area contributed by atoms with Crippen molar-refractivity contribution < 1.29 is 4.79 Å². The second-order valence-corrected chi connectivity index (χ2v) is 5.13. The van der Waals surface area contributed by atoms with E-state index < -0.39 is 0 Å². The molecule has 0 radical (unpaired) electrons. The quantitative estimate of drug-likeness (QED) is 0.902. The van der Waals surface area contributed by atoms with E-state index in [-0.39, 0.29) is 5.91 Å². The number of carbonyl (C=O) groups excluding carboxylic acids is 1. The van der Waals surface area contributed by atoms with Gasteiger partial charge in [0.05, 0.1) is 11.3 Å². The molecule has 0 aliphatic rings. The van der Waals surface area contributed by atoms with Crippen molar-refractivity contribution in [1.82, 2.24) is 10.3 Å². The van der Waals surface area contributed by atoms with Crippen molar-refractivity contribution in [3.05, 3.63) is 45.4 Å². The summed E-state index contributed by atoms with van der Waals surface area (Å²) < 4.78 is 0. The van der Waals surface area contributed by atoms with Crippen LogP contribution < -0.4 is 10.6 Å². The second-order valence-electron chi connectivity index (χ2n) is 4.38. The summed E-state index contributed by atoms with van der Waals surface area (Å²) in [5.41, 5.74) is 4.62. The Kier molecular flexibility index (Phi) is 4.16. The van der Waals surface area contributed by atoms with Crippen molar-refractivity contribution >= 4 is 22.9 Å². The molecule has 0 aliphatic carbocycles. The third kappa shape index (κ3) is 3.12. The minimum Gasteiger partial charge on any atom is -0.387 e. The standard InChI is InChI=1S/C14H17N3OS/c1-9-7-19-8-11(9)5-17-14(18)12-6-16-10(2)4-13(12)15-3/h4,6-8H,5H2,1-3H3,(H,15,16)(H,17,18). The molecule has 0 fully saturated rings. The monoisotopic (exact) mass is 275 g/mol. The van der Waals surface area contributed by atoms with E-state index in [0.29, 0.717) is 12.1 Å². The smallest absolute Gasteiger partial charge is 0.255 e. The van der Waals surface area contributed by atoms with Gasteiger partial charge in [0.15, 0.2) is 0 Å². The molecule has 0 unspecified atom stereocenters. The summed E-state index contributed by atoms with van der Waals surface area (Å²) in [4.78, 5) is 16.3. The summed E-state index contributed by atoms with van der Waals surface area (Å²) in [7, 11) is 1.80. The first-order valence-corrected chi connectivity index (χ1v) is 7.00. The van der Waals surface area contributed by atoms with Crippen LogP contribution in [0.4, 0.5) is 5.69 Å². The SMILES string of the molecule is CNc1cc(C)ncc1C(=O)NCc1cscc1C. The molecule has 0 atom stereocenters. The van der Waals surface area contributed by atoms with Gasteiger partial charge in [-0.05, 0) is 41.8 Å². The van der Waals surface area contributed by atoms with Gasteiger partial charge >= 0.3 is 0 Å². The lowest BCUT2D eigenvalue weighted by molar-refractivity contribution is 0.0951. The lowest BCUT2D eigenvalue weighted by Gasteiger charge is -2.10. The van der Waals surface area contributed by atoms with Crippen LogP contribution in [0.2, 0.25) is 0 Å². The van der Waals surface area contributed by atoms with Gasteiger partial charge in [-0.3, -0.25) is 9.78 Å². The van der Waals surface area contributed by atoms with Crippen molar-refractivity contribution in [1.29, 1.82) is 0 Å². The van der Waals surface area contributed by atoms with E-state index in [9.17, 15) is 4.79 Å². The van der Waals surface area contributed by atoms with E-state index in [2.05, 4.69) is 26.4 Å². The van der Waals surface area contributed by atoms with Crippen LogP contribution in [0.25, 0.3) is 0 Å². The topological polar surface area (TPSA) is 54.0 Å². The van der Waals surface area contributed by atoms with Gasteiger partial charge in [0.1, 0.15) is 0 Å². The fourth-order valence-corrected chi connectivity index (χ4v) is 2.64. The van der Waals surface area contributed by atoms with Gasteiger partial charge in [0.25, 0.3) is 5.91 Å². The zero-order chi connectivity index (χ0) is 13.8. The fourth-order valence-electron chi connectivity index (χ4n) is 1.79. The highest BCUT2D eigenvalue weighted by atomic mass is 32.1. The third-order valence-electron chi connectivity index (χ3n) is 2.96. The van der Waals surface area contributed by atoms with E-state index in [1.807, 2.05) is 19.9 Å². The van der Waals surface area contributed by atoms with Crippen LogP contribution in [0, 0.1) is 13.8 Å². The highest BCUT2D eigenvalue weighted by molar-refractivity contribution is 7.08. The number of carbonyl (C=O) groups is 1. The molecule has 4 nitrogen and oxygen atoms in total.